The highest BCUT2D eigenvalue weighted by Gasteiger charge is 2.18. The number of fused-ring (bicyclic) bond motifs is 1. The molecule has 0 saturated heterocycles. The highest BCUT2D eigenvalue weighted by atomic mass is 16.5. The van der Waals surface area contributed by atoms with E-state index in [1.165, 1.54) is 4.90 Å². The Morgan fingerprint density at radius 2 is 1.72 bits per heavy atom. The number of aryl methyl sites for hydroxylation is 1. The number of hydrogen-bond acceptors (Lipinski definition) is 4. The Labute approximate surface area is 168 Å². The average molecular weight is 396 g/mol. The number of nitrogens with one attached hydrogen (secondary N) is 1. The van der Waals surface area contributed by atoms with Crippen molar-refractivity contribution in [3.8, 4) is 11.5 Å². The normalized spacial score (nSPS) is 10.7. The zero-order valence-electron chi connectivity index (χ0n) is 16.5. The average Bonchev–Trinajstić information content (AvgIpc) is 3.18. The van der Waals surface area contributed by atoms with Crippen LogP contribution in [0.15, 0.2) is 48.7 Å². The predicted octanol–water partition coefficient (Wildman–Crippen LogP) is 3.23. The molecular weight excluding hydrogens is 372 g/mol. The van der Waals surface area contributed by atoms with Crippen molar-refractivity contribution in [1.29, 1.82) is 0 Å². The fraction of sp³-hybridized carbons (Fsp3) is 0.273. The molecule has 152 valence electrons. The van der Waals surface area contributed by atoms with Gasteiger partial charge in [-0.2, -0.15) is 0 Å². The molecule has 0 atom stereocenters. The van der Waals surface area contributed by atoms with Crippen molar-refractivity contribution >= 4 is 22.8 Å². The number of ether oxygens (including phenoxy) is 2. The molecule has 0 saturated carbocycles. The zero-order chi connectivity index (χ0) is 20.8. The van der Waals surface area contributed by atoms with Gasteiger partial charge in [-0.25, -0.2) is 0 Å². The minimum Gasteiger partial charge on any atom is -0.497 e. The number of aromatic nitrogens is 1. The van der Waals surface area contributed by atoms with Gasteiger partial charge in [0, 0.05) is 30.7 Å². The molecule has 7 nitrogen and oxygen atoms in total. The van der Waals surface area contributed by atoms with Crippen LogP contribution < -0.4 is 9.47 Å². The molecule has 0 aliphatic rings. The van der Waals surface area contributed by atoms with E-state index in [0.29, 0.717) is 17.9 Å². The van der Waals surface area contributed by atoms with Crippen molar-refractivity contribution in [2.75, 3.05) is 20.8 Å². The lowest BCUT2D eigenvalue weighted by Crippen LogP contribution is -2.35. The molecule has 29 heavy (non-hydrogen) atoms. The Morgan fingerprint density at radius 3 is 2.38 bits per heavy atom. The maximum atomic E-state index is 12.8. The van der Waals surface area contributed by atoms with Crippen LogP contribution in [-0.2, 0) is 22.6 Å². The molecule has 1 aromatic heterocycles. The Morgan fingerprint density at radius 1 is 1.00 bits per heavy atom. The van der Waals surface area contributed by atoms with Crippen LogP contribution in [0, 0.1) is 0 Å². The Hall–Kier alpha value is -3.48. The SMILES string of the molecule is COc1cc(CN(CC(=O)O)C(=O)CCc2ccc3[nH]ccc3c2)cc(OC)c1. The van der Waals surface area contributed by atoms with Crippen molar-refractivity contribution in [2.24, 2.45) is 0 Å². The van der Waals surface area contributed by atoms with E-state index < -0.39 is 5.97 Å². The molecule has 0 aliphatic carbocycles. The first-order chi connectivity index (χ1) is 14.0. The van der Waals surface area contributed by atoms with Crippen LogP contribution in [0.3, 0.4) is 0 Å². The molecule has 0 fully saturated rings. The second-order valence-corrected chi connectivity index (χ2v) is 6.76. The van der Waals surface area contributed by atoms with Crippen molar-refractivity contribution in [1.82, 2.24) is 9.88 Å². The molecule has 0 bridgehead atoms. The minimum atomic E-state index is -1.05. The topological polar surface area (TPSA) is 91.9 Å². The van der Waals surface area contributed by atoms with Gasteiger partial charge in [-0.15, -0.1) is 0 Å². The van der Waals surface area contributed by atoms with Crippen molar-refractivity contribution < 1.29 is 24.2 Å². The molecule has 0 aliphatic heterocycles. The summed E-state index contributed by atoms with van der Waals surface area (Å²) in [6.45, 7) is -0.204. The number of hydrogen-bond donors (Lipinski definition) is 2. The molecule has 1 heterocycles. The van der Waals surface area contributed by atoms with Crippen LogP contribution in [0.25, 0.3) is 10.9 Å². The highest BCUT2D eigenvalue weighted by Crippen LogP contribution is 2.24. The van der Waals surface area contributed by atoms with Crippen LogP contribution in [0.1, 0.15) is 17.5 Å². The quantitative estimate of drug-likeness (QED) is 0.579. The number of benzene rings is 2. The first kappa shape index (κ1) is 20.3. The third kappa shape index (κ3) is 5.28. The minimum absolute atomic E-state index is 0.162. The predicted molar refractivity (Wildman–Crippen MR) is 109 cm³/mol. The van der Waals surface area contributed by atoms with Gasteiger partial charge < -0.3 is 24.5 Å². The lowest BCUT2D eigenvalue weighted by Gasteiger charge is -2.21. The number of carbonyl (C=O) groups excluding carboxylic acids is 1. The fourth-order valence-corrected chi connectivity index (χ4v) is 3.24. The van der Waals surface area contributed by atoms with E-state index in [9.17, 15) is 14.7 Å². The Kier molecular flexibility index (Phi) is 6.39. The van der Waals surface area contributed by atoms with E-state index in [-0.39, 0.29) is 25.4 Å². The zero-order valence-corrected chi connectivity index (χ0v) is 16.5. The third-order valence-electron chi connectivity index (χ3n) is 4.71. The van der Waals surface area contributed by atoms with E-state index in [2.05, 4.69) is 4.98 Å². The number of methoxy groups -OCH3 is 2. The maximum Gasteiger partial charge on any atom is 0.323 e. The number of carboxylic acids is 1. The molecule has 2 N–H and O–H groups in total. The summed E-state index contributed by atoms with van der Waals surface area (Å²) in [4.78, 5) is 28.5. The van der Waals surface area contributed by atoms with Gasteiger partial charge in [0.25, 0.3) is 0 Å². The largest absolute Gasteiger partial charge is 0.497 e. The van der Waals surface area contributed by atoms with E-state index in [4.69, 9.17) is 9.47 Å². The molecule has 1 amide bonds. The van der Waals surface area contributed by atoms with Crippen molar-refractivity contribution in [3.63, 3.8) is 0 Å². The summed E-state index contributed by atoms with van der Waals surface area (Å²) in [5.74, 6) is -0.103. The second kappa shape index (κ2) is 9.14. The number of nitrogens with zero attached hydrogens (tertiary/aromatic N) is 1. The highest BCUT2D eigenvalue weighted by molar-refractivity contribution is 5.82. The summed E-state index contributed by atoms with van der Waals surface area (Å²) in [6, 6.07) is 13.2. The molecule has 2 aromatic carbocycles. The Bertz CT molecular complexity index is 989. The summed E-state index contributed by atoms with van der Waals surface area (Å²) >= 11 is 0. The lowest BCUT2D eigenvalue weighted by atomic mass is 10.1. The Balaban J connectivity index is 1.71. The smallest absolute Gasteiger partial charge is 0.323 e. The van der Waals surface area contributed by atoms with Crippen LogP contribution in [0.5, 0.6) is 11.5 Å². The summed E-state index contributed by atoms with van der Waals surface area (Å²) < 4.78 is 10.5. The molecule has 0 unspecified atom stereocenters. The standard InChI is InChI=1S/C22H24N2O5/c1-28-18-10-16(11-19(12-18)29-2)13-24(14-22(26)27)21(25)6-4-15-3-5-20-17(9-15)7-8-23-20/h3,5,7-12,23H,4,6,13-14H2,1-2H3,(H,26,27). The van der Waals surface area contributed by atoms with E-state index in [1.807, 2.05) is 30.5 Å². The van der Waals surface area contributed by atoms with Gasteiger partial charge in [0.2, 0.25) is 5.91 Å². The van der Waals surface area contributed by atoms with Gasteiger partial charge in [-0.1, -0.05) is 6.07 Å². The van der Waals surface area contributed by atoms with Crippen LogP contribution >= 0.6 is 0 Å². The first-order valence-electron chi connectivity index (χ1n) is 9.26. The van der Waals surface area contributed by atoms with Crippen molar-refractivity contribution in [3.05, 3.63) is 59.8 Å². The van der Waals surface area contributed by atoms with Gasteiger partial charge >= 0.3 is 5.97 Å². The number of carbonyl (C=O) groups is 2. The fourth-order valence-electron chi connectivity index (χ4n) is 3.24. The maximum absolute atomic E-state index is 12.8. The van der Waals surface area contributed by atoms with E-state index >= 15 is 0 Å². The summed E-state index contributed by atoms with van der Waals surface area (Å²) in [6.07, 6.45) is 2.64. The van der Waals surface area contributed by atoms with Gasteiger partial charge in [-0.3, -0.25) is 9.59 Å². The first-order valence-corrected chi connectivity index (χ1v) is 9.26. The van der Waals surface area contributed by atoms with Gasteiger partial charge in [0.15, 0.2) is 0 Å². The van der Waals surface area contributed by atoms with Crippen LogP contribution in [0.4, 0.5) is 0 Å². The molecule has 0 spiro atoms. The number of rotatable bonds is 9. The molecule has 3 rings (SSSR count). The third-order valence-corrected chi connectivity index (χ3v) is 4.71. The summed E-state index contributed by atoms with van der Waals surface area (Å²) in [5.41, 5.74) is 2.81. The number of aliphatic carboxylic acids is 1. The molecular formula is C22H24N2O5. The number of H-pyrrole nitrogens is 1. The lowest BCUT2D eigenvalue weighted by molar-refractivity contribution is -0.144. The second-order valence-electron chi connectivity index (χ2n) is 6.76. The number of carboxylic acid groups (broad SMARTS) is 1. The monoisotopic (exact) mass is 396 g/mol. The molecule has 7 heteroatoms. The molecule has 3 aromatic rings. The van der Waals surface area contributed by atoms with Gasteiger partial charge in [0.1, 0.15) is 18.0 Å². The van der Waals surface area contributed by atoms with Crippen LogP contribution in [-0.4, -0.2) is 47.6 Å². The van der Waals surface area contributed by atoms with Crippen molar-refractivity contribution in [2.45, 2.75) is 19.4 Å². The van der Waals surface area contributed by atoms with E-state index in [1.54, 1.807) is 32.4 Å². The van der Waals surface area contributed by atoms with Gasteiger partial charge in [-0.05, 0) is 53.3 Å². The van der Waals surface area contributed by atoms with E-state index in [0.717, 1.165) is 22.0 Å². The number of amides is 1. The van der Waals surface area contributed by atoms with Gasteiger partial charge in [0.05, 0.1) is 14.2 Å². The summed E-state index contributed by atoms with van der Waals surface area (Å²) in [5, 5.41) is 10.3. The molecule has 0 radical (unpaired) electrons. The number of aromatic amines is 1. The van der Waals surface area contributed by atoms with Crippen LogP contribution in [0.2, 0.25) is 0 Å². The summed E-state index contributed by atoms with van der Waals surface area (Å²) in [7, 11) is 3.08.